The average molecular weight is 731 g/mol. The lowest BCUT2D eigenvalue weighted by Crippen LogP contribution is -2.52. The summed E-state index contributed by atoms with van der Waals surface area (Å²) in [6.45, 7) is 9.80. The maximum atomic E-state index is 13.9. The van der Waals surface area contributed by atoms with Gasteiger partial charge >= 0.3 is 24.3 Å². The number of amides is 3. The van der Waals surface area contributed by atoms with Crippen molar-refractivity contribution in [3.05, 3.63) is 63.5 Å². The summed E-state index contributed by atoms with van der Waals surface area (Å²) in [5.41, 5.74) is -1.41. The zero-order chi connectivity index (χ0) is 37.1. The molecule has 5 rings (SSSR count). The molecule has 13 nitrogen and oxygen atoms in total. The number of benzene rings is 1. The molecule has 0 bridgehead atoms. The van der Waals surface area contributed by atoms with Crippen molar-refractivity contribution in [1.82, 2.24) is 24.8 Å². The van der Waals surface area contributed by atoms with Gasteiger partial charge in [0.25, 0.3) is 0 Å². The number of carbonyl (C=O) groups is 3. The molecule has 0 radical (unpaired) electrons. The van der Waals surface area contributed by atoms with Crippen molar-refractivity contribution < 1.29 is 41.8 Å². The lowest BCUT2D eigenvalue weighted by Gasteiger charge is -2.37. The number of hydrogen-bond donors (Lipinski definition) is 2. The van der Waals surface area contributed by atoms with Crippen LogP contribution in [0.5, 0.6) is 0 Å². The minimum Gasteiger partial charge on any atom is -0.462 e. The van der Waals surface area contributed by atoms with Crippen molar-refractivity contribution in [1.29, 1.82) is 0 Å². The fourth-order valence-electron chi connectivity index (χ4n) is 5.44. The maximum Gasteiger partial charge on any atom is 0.434 e. The molecule has 4 heterocycles. The molecule has 1 saturated heterocycles. The first-order valence-electron chi connectivity index (χ1n) is 16.1. The van der Waals surface area contributed by atoms with Crippen LogP contribution in [0.3, 0.4) is 0 Å². The number of esters is 1. The number of carbonyl (C=O) groups excluding carboxylic acids is 3. The van der Waals surface area contributed by atoms with E-state index in [1.165, 1.54) is 24.5 Å². The smallest absolute Gasteiger partial charge is 0.434 e. The van der Waals surface area contributed by atoms with E-state index in [-0.39, 0.29) is 53.6 Å². The molecule has 0 aliphatic carbocycles. The van der Waals surface area contributed by atoms with Gasteiger partial charge in [-0.25, -0.2) is 24.4 Å². The number of halogens is 3. The minimum atomic E-state index is -4.69. The van der Waals surface area contributed by atoms with Gasteiger partial charge in [-0.15, -0.1) is 11.3 Å². The summed E-state index contributed by atoms with van der Waals surface area (Å²) in [5, 5.41) is 6.10. The highest BCUT2D eigenvalue weighted by Crippen LogP contribution is 2.39. The van der Waals surface area contributed by atoms with Gasteiger partial charge in [0.2, 0.25) is 5.43 Å². The fraction of sp³-hybridized carbons (Fsp3) is 0.412. The second-order valence-electron chi connectivity index (χ2n) is 12.5. The number of anilines is 1. The van der Waals surface area contributed by atoms with Crippen molar-refractivity contribution in [2.45, 2.75) is 59.0 Å². The summed E-state index contributed by atoms with van der Waals surface area (Å²) >= 11 is 0.754. The highest BCUT2D eigenvalue weighted by Gasteiger charge is 2.35. The summed E-state index contributed by atoms with van der Waals surface area (Å²) in [4.78, 5) is 61.9. The number of nitrogens with one attached hydrogen (secondary N) is 2. The Morgan fingerprint density at radius 3 is 2.55 bits per heavy atom. The van der Waals surface area contributed by atoms with Crippen LogP contribution >= 0.6 is 11.3 Å². The number of nitrogens with zero attached hydrogens (tertiary/aromatic N) is 4. The number of thiazole rings is 1. The van der Waals surface area contributed by atoms with Crippen LogP contribution in [-0.2, 0) is 26.9 Å². The normalized spacial score (nSPS) is 15.1. The Morgan fingerprint density at radius 2 is 1.88 bits per heavy atom. The molecule has 3 aromatic heterocycles. The van der Waals surface area contributed by atoms with E-state index in [2.05, 4.69) is 20.6 Å². The predicted octanol–water partition coefficient (Wildman–Crippen LogP) is 6.16. The summed E-state index contributed by atoms with van der Waals surface area (Å²) in [6, 6.07) is 5.11. The Kier molecular flexibility index (Phi) is 11.0. The van der Waals surface area contributed by atoms with E-state index in [1.54, 1.807) is 56.2 Å². The molecule has 51 heavy (non-hydrogen) atoms. The number of fused-ring (bicyclic) bond motifs is 1. The van der Waals surface area contributed by atoms with Crippen LogP contribution in [0.2, 0.25) is 0 Å². The molecular formula is C34H37F3N6O7S. The zero-order valence-electron chi connectivity index (χ0n) is 28.6. The predicted molar refractivity (Wildman–Crippen MR) is 184 cm³/mol. The molecular weight excluding hydrogens is 693 g/mol. The molecule has 17 heteroatoms. The van der Waals surface area contributed by atoms with E-state index >= 15 is 0 Å². The molecule has 1 unspecified atom stereocenters. The highest BCUT2D eigenvalue weighted by atomic mass is 32.1. The fourth-order valence-corrected chi connectivity index (χ4v) is 6.30. The number of rotatable bonds is 8. The van der Waals surface area contributed by atoms with Crippen LogP contribution in [-0.4, -0.2) is 82.1 Å². The van der Waals surface area contributed by atoms with E-state index in [0.29, 0.717) is 29.8 Å². The lowest BCUT2D eigenvalue weighted by atomic mass is 9.99. The van der Waals surface area contributed by atoms with Gasteiger partial charge in [-0.05, 0) is 58.4 Å². The first-order chi connectivity index (χ1) is 24.1. The Balaban J connectivity index is 1.64. The Morgan fingerprint density at radius 1 is 1.12 bits per heavy atom. The van der Waals surface area contributed by atoms with Gasteiger partial charge in [-0.2, -0.15) is 13.2 Å². The highest BCUT2D eigenvalue weighted by molar-refractivity contribution is 7.13. The van der Waals surface area contributed by atoms with Crippen LogP contribution in [0.1, 0.15) is 50.7 Å². The zero-order valence-corrected chi connectivity index (χ0v) is 29.4. The topological polar surface area (TPSA) is 154 Å². The third-order valence-electron chi connectivity index (χ3n) is 7.66. The number of alkyl halides is 3. The van der Waals surface area contributed by atoms with Gasteiger partial charge in [0.1, 0.15) is 22.0 Å². The maximum absolute atomic E-state index is 13.9. The Hall–Kier alpha value is -5.03. The second kappa shape index (κ2) is 15.1. The molecule has 0 spiro atoms. The summed E-state index contributed by atoms with van der Waals surface area (Å²) in [5.74, 6) is -0.793. The largest absolute Gasteiger partial charge is 0.462 e. The first kappa shape index (κ1) is 37.2. The standard InChI is InChI=1S/C34H37F3N6O7S/c1-6-38-31(46)41-27-13-21(29-40-26(18-51-29)34(35,36)37)23(14-39-27)19-8-9-25-22(12-19)28(44)24(30(45)49-7-2)16-42(25)15-20-17-48-11-10-43(20)32(47)50-33(3,4)5/h8-9,12-14,16,18,20H,6-7,10-11,15,17H2,1-5H3,(H2,38,39,41,46). The van der Waals surface area contributed by atoms with Crippen molar-refractivity contribution >= 4 is 46.2 Å². The van der Waals surface area contributed by atoms with E-state index in [0.717, 1.165) is 16.7 Å². The van der Waals surface area contributed by atoms with Crippen LogP contribution in [0.25, 0.3) is 32.6 Å². The number of hydrogen-bond acceptors (Lipinski definition) is 10. The summed E-state index contributed by atoms with van der Waals surface area (Å²) < 4.78 is 58.8. The second-order valence-corrected chi connectivity index (χ2v) is 13.4. The average Bonchev–Trinajstić information content (AvgIpc) is 3.57. The van der Waals surface area contributed by atoms with Gasteiger partial charge in [0, 0.05) is 53.9 Å². The Bertz CT molecular complexity index is 2010. The monoisotopic (exact) mass is 730 g/mol. The van der Waals surface area contributed by atoms with Gasteiger partial charge in [-0.1, -0.05) is 6.07 Å². The minimum absolute atomic E-state index is 0.00371. The molecule has 1 aromatic carbocycles. The van der Waals surface area contributed by atoms with Crippen LogP contribution in [0.4, 0.5) is 28.6 Å². The third-order valence-corrected chi connectivity index (χ3v) is 8.53. The summed E-state index contributed by atoms with van der Waals surface area (Å²) in [7, 11) is 0. The lowest BCUT2D eigenvalue weighted by molar-refractivity contribution is -0.140. The molecule has 3 amide bonds. The molecule has 1 aliphatic heterocycles. The molecule has 0 saturated carbocycles. The molecule has 272 valence electrons. The van der Waals surface area contributed by atoms with Crippen LogP contribution in [0.15, 0.2) is 46.8 Å². The molecule has 1 aliphatic rings. The van der Waals surface area contributed by atoms with Gasteiger partial charge in [0.15, 0.2) is 5.69 Å². The van der Waals surface area contributed by atoms with Crippen LogP contribution < -0.4 is 16.1 Å². The summed E-state index contributed by atoms with van der Waals surface area (Å²) in [6.07, 6.45) is -2.48. The number of ether oxygens (including phenoxy) is 3. The number of pyridine rings is 2. The van der Waals surface area contributed by atoms with Crippen LogP contribution in [0, 0.1) is 0 Å². The van der Waals surface area contributed by atoms with E-state index in [1.807, 2.05) is 0 Å². The number of urea groups is 1. The molecule has 4 aromatic rings. The van der Waals surface area contributed by atoms with Gasteiger partial charge in [-0.3, -0.25) is 15.0 Å². The molecule has 1 fully saturated rings. The van der Waals surface area contributed by atoms with Crippen molar-refractivity contribution in [2.75, 3.05) is 38.2 Å². The van der Waals surface area contributed by atoms with E-state index in [9.17, 15) is 32.3 Å². The van der Waals surface area contributed by atoms with Gasteiger partial charge in [0.05, 0.1) is 31.4 Å². The number of morpholine rings is 1. The molecule has 1 atom stereocenters. The van der Waals surface area contributed by atoms with Crippen molar-refractivity contribution in [3.63, 3.8) is 0 Å². The third kappa shape index (κ3) is 8.65. The van der Waals surface area contributed by atoms with E-state index < -0.39 is 47.0 Å². The molecule has 2 N–H and O–H groups in total. The van der Waals surface area contributed by atoms with Gasteiger partial charge < -0.3 is 24.1 Å². The van der Waals surface area contributed by atoms with E-state index in [4.69, 9.17) is 14.2 Å². The SMILES string of the molecule is CCNC(=O)Nc1cc(-c2nc(C(F)(F)F)cs2)c(-c2ccc3c(c2)c(=O)c(C(=O)OCC)cn3CC2COCCN2C(=O)OC(C)(C)C)cn1. The van der Waals surface area contributed by atoms with Crippen molar-refractivity contribution in [3.8, 4) is 21.7 Å². The van der Waals surface area contributed by atoms with Crippen molar-refractivity contribution in [2.24, 2.45) is 0 Å². The Labute approximate surface area is 294 Å². The quantitative estimate of drug-likeness (QED) is 0.203. The number of aromatic nitrogens is 3. The first-order valence-corrected chi connectivity index (χ1v) is 17.0.